The predicted octanol–water partition coefficient (Wildman–Crippen LogP) is 7.17. The first-order chi connectivity index (χ1) is 9.45. The van der Waals surface area contributed by atoms with Gasteiger partial charge in [0.15, 0.2) is 0 Å². The highest BCUT2D eigenvalue weighted by Gasteiger charge is 2.06. The second-order valence-corrected chi connectivity index (χ2v) is 7.20. The van der Waals surface area contributed by atoms with Crippen molar-refractivity contribution in [2.24, 2.45) is 17.8 Å². The summed E-state index contributed by atoms with van der Waals surface area (Å²) in [7, 11) is 0. The molecule has 0 aliphatic carbocycles. The zero-order valence-electron chi connectivity index (χ0n) is 14.8. The van der Waals surface area contributed by atoms with Crippen LogP contribution in [0.3, 0.4) is 0 Å². The molecule has 0 nitrogen and oxygen atoms in total. The van der Waals surface area contributed by atoms with Crippen LogP contribution < -0.4 is 0 Å². The molecule has 0 fully saturated rings. The second kappa shape index (κ2) is 12.2. The van der Waals surface area contributed by atoms with Crippen molar-refractivity contribution in [3.63, 3.8) is 0 Å². The molecule has 0 N–H and O–H groups in total. The van der Waals surface area contributed by atoms with E-state index in [1.54, 1.807) is 0 Å². The molecule has 0 heterocycles. The van der Waals surface area contributed by atoms with Gasteiger partial charge in [-0.2, -0.15) is 0 Å². The van der Waals surface area contributed by atoms with Gasteiger partial charge in [-0.15, -0.1) is 0 Å². The van der Waals surface area contributed by atoms with Crippen LogP contribution in [0.5, 0.6) is 0 Å². The number of rotatable bonds is 12. The largest absolute Gasteiger partial charge is 0.0988 e. The number of hydrogen-bond acceptors (Lipinski definition) is 0. The molecule has 20 heavy (non-hydrogen) atoms. The third-order valence-electron chi connectivity index (χ3n) is 4.32. The van der Waals surface area contributed by atoms with Crippen molar-refractivity contribution in [1.82, 2.24) is 0 Å². The zero-order chi connectivity index (χ0) is 15.4. The molecule has 0 aliphatic rings. The predicted molar refractivity (Wildman–Crippen MR) is 94.1 cm³/mol. The molecule has 0 saturated heterocycles. The van der Waals surface area contributed by atoms with Gasteiger partial charge in [-0.1, -0.05) is 90.5 Å². The van der Waals surface area contributed by atoms with Crippen LogP contribution in [0.2, 0.25) is 0 Å². The first-order valence-electron chi connectivity index (χ1n) is 8.74. The summed E-state index contributed by atoms with van der Waals surface area (Å²) in [5.74, 6) is 2.66. The minimum absolute atomic E-state index is 0.867. The van der Waals surface area contributed by atoms with E-state index in [0.29, 0.717) is 0 Å². The Balaban J connectivity index is 3.55. The molecular weight excluding hydrogens is 240 g/mol. The molecule has 0 aromatic carbocycles. The summed E-state index contributed by atoms with van der Waals surface area (Å²) >= 11 is 0. The van der Waals surface area contributed by atoms with Crippen molar-refractivity contribution in [2.45, 2.75) is 86.0 Å². The first kappa shape index (κ1) is 19.5. The van der Waals surface area contributed by atoms with Crippen LogP contribution in [0, 0.1) is 17.8 Å². The fourth-order valence-corrected chi connectivity index (χ4v) is 2.66. The minimum atomic E-state index is 0.867. The Bertz CT molecular complexity index is 259. The van der Waals surface area contributed by atoms with Crippen molar-refractivity contribution in [1.29, 1.82) is 0 Å². The first-order valence-corrected chi connectivity index (χ1v) is 8.74. The van der Waals surface area contributed by atoms with Gasteiger partial charge in [-0.3, -0.25) is 0 Å². The number of allylic oxidation sites excluding steroid dienone is 3. The third-order valence-corrected chi connectivity index (χ3v) is 4.32. The van der Waals surface area contributed by atoms with Crippen LogP contribution in [0.4, 0.5) is 0 Å². The fourth-order valence-electron chi connectivity index (χ4n) is 2.66. The SMILES string of the molecule is C=C/C(C)=C\CC[C@@H](C)CCC[C@@H](C)CCCC(C)C. The summed E-state index contributed by atoms with van der Waals surface area (Å²) in [4.78, 5) is 0. The Morgan fingerprint density at radius 1 is 0.850 bits per heavy atom. The van der Waals surface area contributed by atoms with Crippen LogP contribution in [0.25, 0.3) is 0 Å². The standard InChI is InChI=1S/C20H38/c1-7-18(4)12-9-14-20(6)16-10-15-19(5)13-8-11-17(2)3/h7,12,17,19-20H,1,8-11,13-16H2,2-6H3/b18-12-/t19-,20+/m0/s1. The normalized spacial score (nSPS) is 15.4. The van der Waals surface area contributed by atoms with E-state index < -0.39 is 0 Å². The zero-order valence-corrected chi connectivity index (χ0v) is 14.8. The van der Waals surface area contributed by atoms with Gasteiger partial charge in [0.2, 0.25) is 0 Å². The van der Waals surface area contributed by atoms with Crippen molar-refractivity contribution in [3.8, 4) is 0 Å². The van der Waals surface area contributed by atoms with Crippen molar-refractivity contribution >= 4 is 0 Å². The number of hydrogen-bond donors (Lipinski definition) is 0. The summed E-state index contributed by atoms with van der Waals surface area (Å²) < 4.78 is 0. The molecule has 0 bridgehead atoms. The van der Waals surface area contributed by atoms with Crippen molar-refractivity contribution in [3.05, 3.63) is 24.3 Å². The van der Waals surface area contributed by atoms with Crippen molar-refractivity contribution < 1.29 is 0 Å². The molecule has 0 spiro atoms. The van der Waals surface area contributed by atoms with Crippen LogP contribution in [0.1, 0.15) is 86.0 Å². The van der Waals surface area contributed by atoms with E-state index in [-0.39, 0.29) is 0 Å². The lowest BCUT2D eigenvalue weighted by Crippen LogP contribution is -2.00. The maximum atomic E-state index is 3.79. The highest BCUT2D eigenvalue weighted by molar-refractivity contribution is 5.12. The molecular formula is C20H38. The average molecular weight is 279 g/mol. The Hall–Kier alpha value is -0.520. The Morgan fingerprint density at radius 2 is 1.35 bits per heavy atom. The molecule has 118 valence electrons. The lowest BCUT2D eigenvalue weighted by Gasteiger charge is -2.14. The van der Waals surface area contributed by atoms with E-state index in [0.717, 1.165) is 17.8 Å². The van der Waals surface area contributed by atoms with E-state index in [1.165, 1.54) is 56.9 Å². The molecule has 0 amide bonds. The van der Waals surface area contributed by atoms with Gasteiger partial charge in [0.05, 0.1) is 0 Å². The second-order valence-electron chi connectivity index (χ2n) is 7.20. The van der Waals surface area contributed by atoms with Crippen molar-refractivity contribution in [2.75, 3.05) is 0 Å². The molecule has 0 heteroatoms. The van der Waals surface area contributed by atoms with E-state index in [4.69, 9.17) is 0 Å². The van der Waals surface area contributed by atoms with Gasteiger partial charge in [-0.05, 0) is 37.5 Å². The van der Waals surface area contributed by atoms with Crippen LogP contribution in [0.15, 0.2) is 24.3 Å². The molecule has 0 aliphatic heterocycles. The van der Waals surface area contributed by atoms with E-state index >= 15 is 0 Å². The monoisotopic (exact) mass is 278 g/mol. The van der Waals surface area contributed by atoms with Crippen LogP contribution in [-0.4, -0.2) is 0 Å². The summed E-state index contributed by atoms with van der Waals surface area (Å²) in [5, 5.41) is 0. The molecule has 0 unspecified atom stereocenters. The van der Waals surface area contributed by atoms with E-state index in [1.807, 2.05) is 6.08 Å². The maximum absolute atomic E-state index is 3.79. The van der Waals surface area contributed by atoms with Gasteiger partial charge in [0.25, 0.3) is 0 Å². The quantitative estimate of drug-likeness (QED) is 0.332. The molecule has 2 atom stereocenters. The maximum Gasteiger partial charge on any atom is -0.0342 e. The van der Waals surface area contributed by atoms with Gasteiger partial charge in [0, 0.05) is 0 Å². The molecule has 0 aromatic heterocycles. The molecule has 0 rings (SSSR count). The topological polar surface area (TPSA) is 0 Å². The van der Waals surface area contributed by atoms with Crippen LogP contribution >= 0.6 is 0 Å². The fraction of sp³-hybridized carbons (Fsp3) is 0.800. The van der Waals surface area contributed by atoms with Gasteiger partial charge in [-0.25, -0.2) is 0 Å². The summed E-state index contributed by atoms with van der Waals surface area (Å²) in [5.41, 5.74) is 1.32. The highest BCUT2D eigenvalue weighted by Crippen LogP contribution is 2.21. The Kier molecular flexibility index (Phi) is 11.9. The Morgan fingerprint density at radius 3 is 1.85 bits per heavy atom. The summed E-state index contributed by atoms with van der Waals surface area (Å²) in [6.07, 6.45) is 15.3. The molecule has 0 radical (unpaired) electrons. The molecule has 0 aromatic rings. The lowest BCUT2D eigenvalue weighted by atomic mass is 9.92. The Labute approximate surface area is 128 Å². The van der Waals surface area contributed by atoms with Crippen LogP contribution in [-0.2, 0) is 0 Å². The molecule has 0 saturated carbocycles. The van der Waals surface area contributed by atoms with E-state index in [9.17, 15) is 0 Å². The average Bonchev–Trinajstić information content (AvgIpc) is 2.38. The summed E-state index contributed by atoms with van der Waals surface area (Å²) in [6.45, 7) is 15.4. The smallest absolute Gasteiger partial charge is 0.0342 e. The lowest BCUT2D eigenvalue weighted by molar-refractivity contribution is 0.393. The van der Waals surface area contributed by atoms with E-state index in [2.05, 4.69) is 47.3 Å². The minimum Gasteiger partial charge on any atom is -0.0988 e. The van der Waals surface area contributed by atoms with Gasteiger partial charge in [0.1, 0.15) is 0 Å². The highest BCUT2D eigenvalue weighted by atomic mass is 14.1. The van der Waals surface area contributed by atoms with Gasteiger partial charge >= 0.3 is 0 Å². The summed E-state index contributed by atoms with van der Waals surface area (Å²) in [6, 6.07) is 0. The third kappa shape index (κ3) is 12.5. The van der Waals surface area contributed by atoms with Gasteiger partial charge < -0.3 is 0 Å².